The third kappa shape index (κ3) is 5.03. The van der Waals surface area contributed by atoms with E-state index in [1.165, 1.54) is 5.56 Å². The van der Waals surface area contributed by atoms with Crippen molar-refractivity contribution in [3.8, 4) is 0 Å². The fourth-order valence-corrected chi connectivity index (χ4v) is 5.17. The average molecular weight is 419 g/mol. The number of hydrogen-bond donors (Lipinski definition) is 3. The highest BCUT2D eigenvalue weighted by Crippen LogP contribution is 2.44. The second kappa shape index (κ2) is 10.4. The van der Waals surface area contributed by atoms with Gasteiger partial charge in [-0.15, -0.1) is 0 Å². The Morgan fingerprint density at radius 1 is 1.30 bits per heavy atom. The Hall–Kier alpha value is -1.92. The van der Waals surface area contributed by atoms with Gasteiger partial charge in [0.05, 0.1) is 12.0 Å². The Morgan fingerprint density at radius 3 is 2.47 bits per heavy atom. The Balaban J connectivity index is 2.33. The molecular weight excluding hydrogens is 380 g/mol. The van der Waals surface area contributed by atoms with Gasteiger partial charge in [0, 0.05) is 30.6 Å². The molecule has 0 heterocycles. The molecule has 1 aromatic carbocycles. The maximum atomic E-state index is 11.8. The number of fused-ring (bicyclic) bond motifs is 1. The Morgan fingerprint density at radius 2 is 1.97 bits per heavy atom. The fraction of sp³-hybridized carbons (Fsp3) is 0.667. The van der Waals surface area contributed by atoms with E-state index in [-0.39, 0.29) is 23.5 Å². The molecule has 4 N–H and O–H groups in total. The first kappa shape index (κ1) is 24.4. The largest absolute Gasteiger partial charge is 0.481 e. The van der Waals surface area contributed by atoms with Crippen LogP contribution in [-0.4, -0.2) is 42.8 Å². The smallest absolute Gasteiger partial charge is 0.306 e. The van der Waals surface area contributed by atoms with Crippen LogP contribution in [0.3, 0.4) is 0 Å². The number of carbonyl (C=O) groups is 2. The van der Waals surface area contributed by atoms with Gasteiger partial charge in [-0.3, -0.25) is 9.59 Å². The summed E-state index contributed by atoms with van der Waals surface area (Å²) in [7, 11) is 1.73. The molecule has 3 atom stereocenters. The van der Waals surface area contributed by atoms with Gasteiger partial charge in [-0.2, -0.15) is 0 Å². The van der Waals surface area contributed by atoms with Crippen LogP contribution >= 0.6 is 0 Å². The standard InChI is InChI=1S/C24H38N2O4/c1-6-24(7-2)19-13-17(22(25)27)9-8-16(19)14-20(30-5)21(24)26-11-10-18(23(28)29)12-15(3)4/h8-9,13,15,18,20-21,26H,6-7,10-12,14H2,1-5H3,(H2,25,27)(H,28,29)/t18-,20+,21+/m0/s1. The van der Waals surface area contributed by atoms with Gasteiger partial charge in [-0.25, -0.2) is 0 Å². The van der Waals surface area contributed by atoms with E-state index in [0.717, 1.165) is 24.8 Å². The van der Waals surface area contributed by atoms with Gasteiger partial charge in [0.15, 0.2) is 0 Å². The number of carbonyl (C=O) groups excluding carboxylic acids is 1. The summed E-state index contributed by atoms with van der Waals surface area (Å²) >= 11 is 0. The summed E-state index contributed by atoms with van der Waals surface area (Å²) in [6, 6.07) is 5.77. The lowest BCUT2D eigenvalue weighted by Crippen LogP contribution is -2.59. The second-order valence-electron chi connectivity index (χ2n) is 8.96. The van der Waals surface area contributed by atoms with E-state index in [1.807, 2.05) is 12.1 Å². The summed E-state index contributed by atoms with van der Waals surface area (Å²) < 4.78 is 5.90. The van der Waals surface area contributed by atoms with Gasteiger partial charge >= 0.3 is 5.97 Å². The van der Waals surface area contributed by atoms with Gasteiger partial charge in [0.2, 0.25) is 5.91 Å². The lowest BCUT2D eigenvalue weighted by Gasteiger charge is -2.49. The van der Waals surface area contributed by atoms with Crippen molar-refractivity contribution in [2.75, 3.05) is 13.7 Å². The topological polar surface area (TPSA) is 102 Å². The normalized spacial score (nSPS) is 21.3. The predicted molar refractivity (Wildman–Crippen MR) is 119 cm³/mol. The maximum Gasteiger partial charge on any atom is 0.306 e. The molecule has 0 aromatic heterocycles. The van der Waals surface area contributed by atoms with Crippen molar-refractivity contribution in [1.82, 2.24) is 5.32 Å². The number of benzene rings is 1. The number of hydrogen-bond acceptors (Lipinski definition) is 4. The quantitative estimate of drug-likeness (QED) is 0.510. The van der Waals surface area contributed by atoms with Crippen LogP contribution in [0, 0.1) is 11.8 Å². The number of methoxy groups -OCH3 is 1. The van der Waals surface area contributed by atoms with E-state index in [4.69, 9.17) is 10.5 Å². The van der Waals surface area contributed by atoms with Gasteiger partial charge in [-0.1, -0.05) is 33.8 Å². The van der Waals surface area contributed by atoms with Gasteiger partial charge < -0.3 is 20.9 Å². The number of nitrogens with two attached hydrogens (primary N) is 1. The summed E-state index contributed by atoms with van der Waals surface area (Å²) in [5.74, 6) is -1.16. The van der Waals surface area contributed by atoms with Crippen molar-refractivity contribution in [2.45, 2.75) is 77.4 Å². The molecule has 0 saturated heterocycles. The van der Waals surface area contributed by atoms with Crippen molar-refractivity contribution in [3.63, 3.8) is 0 Å². The van der Waals surface area contributed by atoms with E-state index in [1.54, 1.807) is 13.2 Å². The number of nitrogens with one attached hydrogen (secondary N) is 1. The highest BCUT2D eigenvalue weighted by Gasteiger charge is 2.46. The molecule has 1 aliphatic rings. The van der Waals surface area contributed by atoms with Crippen molar-refractivity contribution in [3.05, 3.63) is 34.9 Å². The van der Waals surface area contributed by atoms with Crippen molar-refractivity contribution in [2.24, 2.45) is 17.6 Å². The van der Waals surface area contributed by atoms with Crippen LogP contribution in [0.1, 0.15) is 74.9 Å². The number of amides is 1. The van der Waals surface area contributed by atoms with E-state index < -0.39 is 11.9 Å². The number of ether oxygens (including phenoxy) is 1. The molecule has 1 amide bonds. The molecule has 6 heteroatoms. The molecule has 6 nitrogen and oxygen atoms in total. The summed E-state index contributed by atoms with van der Waals surface area (Å²) in [4.78, 5) is 23.4. The zero-order valence-corrected chi connectivity index (χ0v) is 19.0. The molecule has 1 aliphatic carbocycles. The number of rotatable bonds is 11. The molecule has 2 rings (SSSR count). The van der Waals surface area contributed by atoms with Crippen LogP contribution in [0.4, 0.5) is 0 Å². The van der Waals surface area contributed by atoms with Crippen LogP contribution in [0.25, 0.3) is 0 Å². The van der Waals surface area contributed by atoms with Crippen LogP contribution in [0.2, 0.25) is 0 Å². The van der Waals surface area contributed by atoms with Crippen molar-refractivity contribution >= 4 is 11.9 Å². The van der Waals surface area contributed by atoms with Crippen LogP contribution in [0.5, 0.6) is 0 Å². The molecule has 1 aromatic rings. The van der Waals surface area contributed by atoms with Gasteiger partial charge in [-0.05, 0) is 61.4 Å². The van der Waals surface area contributed by atoms with E-state index >= 15 is 0 Å². The minimum Gasteiger partial charge on any atom is -0.481 e. The van der Waals surface area contributed by atoms with Crippen LogP contribution < -0.4 is 11.1 Å². The van der Waals surface area contributed by atoms with Crippen LogP contribution in [-0.2, 0) is 21.4 Å². The van der Waals surface area contributed by atoms with Crippen molar-refractivity contribution in [1.29, 1.82) is 0 Å². The zero-order chi connectivity index (χ0) is 22.5. The monoisotopic (exact) mass is 418 g/mol. The molecule has 30 heavy (non-hydrogen) atoms. The number of carboxylic acids is 1. The molecule has 0 fully saturated rings. The summed E-state index contributed by atoms with van der Waals surface area (Å²) in [6.45, 7) is 9.04. The molecule has 0 spiro atoms. The predicted octanol–water partition coefficient (Wildman–Crippen LogP) is 3.51. The van der Waals surface area contributed by atoms with E-state index in [2.05, 4.69) is 33.0 Å². The first-order valence-electron chi connectivity index (χ1n) is 11.1. The lowest BCUT2D eigenvalue weighted by molar-refractivity contribution is -0.142. The first-order chi connectivity index (χ1) is 14.2. The molecule has 0 radical (unpaired) electrons. The second-order valence-corrected chi connectivity index (χ2v) is 8.96. The third-order valence-electron chi connectivity index (χ3n) is 6.85. The molecule has 168 valence electrons. The highest BCUT2D eigenvalue weighted by molar-refractivity contribution is 5.93. The number of primary amides is 1. The first-order valence-corrected chi connectivity index (χ1v) is 11.1. The van der Waals surface area contributed by atoms with Crippen LogP contribution in [0.15, 0.2) is 18.2 Å². The summed E-state index contributed by atoms with van der Waals surface area (Å²) in [6.07, 6.45) is 3.74. The Labute approximate surface area is 180 Å². The third-order valence-corrected chi connectivity index (χ3v) is 6.85. The van der Waals surface area contributed by atoms with E-state index in [0.29, 0.717) is 30.9 Å². The summed E-state index contributed by atoms with van der Waals surface area (Å²) in [5.41, 5.74) is 8.22. The average Bonchev–Trinajstić information content (AvgIpc) is 2.71. The zero-order valence-electron chi connectivity index (χ0n) is 19.0. The number of aliphatic carboxylic acids is 1. The number of carboxylic acid groups (broad SMARTS) is 1. The van der Waals surface area contributed by atoms with Gasteiger partial charge in [0.25, 0.3) is 0 Å². The maximum absolute atomic E-state index is 11.8. The lowest BCUT2D eigenvalue weighted by atomic mass is 9.62. The summed E-state index contributed by atoms with van der Waals surface area (Å²) in [5, 5.41) is 13.2. The molecule has 0 aliphatic heterocycles. The van der Waals surface area contributed by atoms with E-state index in [9.17, 15) is 14.7 Å². The minimum absolute atomic E-state index is 0.0230. The molecule has 0 bridgehead atoms. The van der Waals surface area contributed by atoms with Crippen molar-refractivity contribution < 1.29 is 19.4 Å². The molecular formula is C24H38N2O4. The Kier molecular flexibility index (Phi) is 8.44. The highest BCUT2D eigenvalue weighted by atomic mass is 16.5. The molecule has 0 saturated carbocycles. The SMILES string of the molecule is CCC1(CC)c2cc(C(N)=O)ccc2C[C@@H](OC)[C@H]1NCC[C@@H](CC(C)C)C(=O)O. The Bertz CT molecular complexity index is 743. The van der Waals surface area contributed by atoms with Gasteiger partial charge in [0.1, 0.15) is 0 Å². The molecule has 0 unspecified atom stereocenters. The fourth-order valence-electron chi connectivity index (χ4n) is 5.17. The minimum atomic E-state index is -0.730.